The Hall–Kier alpha value is -2.85. The third kappa shape index (κ3) is 3.73. The van der Waals surface area contributed by atoms with E-state index in [1.807, 2.05) is 6.07 Å². The van der Waals surface area contributed by atoms with Crippen LogP contribution in [0.25, 0.3) is 11.3 Å². The Labute approximate surface area is 168 Å². The molecule has 10 heteroatoms. The van der Waals surface area contributed by atoms with Crippen LogP contribution >= 0.6 is 0 Å². The van der Waals surface area contributed by atoms with Crippen LogP contribution < -0.4 is 5.56 Å². The van der Waals surface area contributed by atoms with Gasteiger partial charge in [0.2, 0.25) is 0 Å². The molecule has 1 fully saturated rings. The summed E-state index contributed by atoms with van der Waals surface area (Å²) in [6.45, 7) is 2.35. The van der Waals surface area contributed by atoms with Crippen molar-refractivity contribution in [3.63, 3.8) is 0 Å². The van der Waals surface area contributed by atoms with Crippen LogP contribution in [0, 0.1) is 6.92 Å². The molecule has 1 saturated heterocycles. The molecule has 0 aromatic carbocycles. The van der Waals surface area contributed by atoms with E-state index in [-0.39, 0.29) is 23.2 Å². The second-order valence-electron chi connectivity index (χ2n) is 7.13. The van der Waals surface area contributed by atoms with E-state index < -0.39 is 10.0 Å². The van der Waals surface area contributed by atoms with Crippen LogP contribution in [0.5, 0.6) is 0 Å². The Morgan fingerprint density at radius 1 is 1.24 bits per heavy atom. The van der Waals surface area contributed by atoms with Gasteiger partial charge in [0, 0.05) is 49.9 Å². The molecule has 29 heavy (non-hydrogen) atoms. The smallest absolute Gasteiger partial charge is 0.266 e. The number of nitrogens with zero attached hydrogens (tertiary/aromatic N) is 6. The molecule has 0 radical (unpaired) electrons. The summed E-state index contributed by atoms with van der Waals surface area (Å²) in [7, 11) is -1.98. The minimum absolute atomic E-state index is 0.0359. The summed E-state index contributed by atoms with van der Waals surface area (Å²) in [6.07, 6.45) is 6.25. The molecule has 1 aliphatic heterocycles. The molecule has 1 unspecified atom stereocenters. The molecule has 1 atom stereocenters. The highest BCUT2D eigenvalue weighted by atomic mass is 32.2. The first-order chi connectivity index (χ1) is 13.9. The number of hydrogen-bond acceptors (Lipinski definition) is 6. The van der Waals surface area contributed by atoms with E-state index in [2.05, 4.69) is 15.1 Å². The number of pyridine rings is 1. The lowest BCUT2D eigenvalue weighted by Crippen LogP contribution is -2.40. The second-order valence-corrected chi connectivity index (χ2v) is 8.97. The van der Waals surface area contributed by atoms with E-state index in [9.17, 15) is 13.2 Å². The van der Waals surface area contributed by atoms with Crippen LogP contribution in [-0.4, -0.2) is 49.6 Å². The Bertz CT molecular complexity index is 1170. The predicted molar refractivity (Wildman–Crippen MR) is 107 cm³/mol. The third-order valence-corrected chi connectivity index (χ3v) is 7.01. The van der Waals surface area contributed by atoms with Crippen molar-refractivity contribution < 1.29 is 8.42 Å². The minimum Gasteiger partial charge on any atom is -0.337 e. The molecule has 0 amide bonds. The molecular weight excluding hydrogens is 392 g/mol. The molecular formula is C19H22N6O3S. The fraction of sp³-hybridized carbons (Fsp3) is 0.368. The zero-order valence-electron chi connectivity index (χ0n) is 16.3. The van der Waals surface area contributed by atoms with Gasteiger partial charge in [-0.3, -0.25) is 9.78 Å². The molecule has 9 nitrogen and oxygen atoms in total. The standard InChI is InChI=1S/C19H22N6O3S/c1-14-21-18(13-23(14)2)29(27,28)25-10-4-6-16(25)12-24-19(26)8-7-17(22-24)15-5-3-9-20-11-15/h3,5,7-9,11,13,16H,4,6,10,12H2,1-2H3. The maximum Gasteiger partial charge on any atom is 0.266 e. The molecule has 0 aliphatic carbocycles. The van der Waals surface area contributed by atoms with Crippen LogP contribution in [0.3, 0.4) is 0 Å². The fourth-order valence-corrected chi connectivity index (χ4v) is 5.24. The summed E-state index contributed by atoms with van der Waals surface area (Å²) >= 11 is 0. The maximum absolute atomic E-state index is 13.1. The molecule has 3 aromatic heterocycles. The molecule has 152 valence electrons. The van der Waals surface area contributed by atoms with Gasteiger partial charge in [-0.1, -0.05) is 0 Å². The summed E-state index contributed by atoms with van der Waals surface area (Å²) in [6, 6.07) is 6.41. The van der Waals surface area contributed by atoms with Crippen molar-refractivity contribution in [1.82, 2.24) is 28.6 Å². The number of rotatable bonds is 5. The van der Waals surface area contributed by atoms with Gasteiger partial charge >= 0.3 is 0 Å². The van der Waals surface area contributed by atoms with E-state index in [0.717, 1.165) is 12.0 Å². The summed E-state index contributed by atoms with van der Waals surface area (Å²) in [5, 5.41) is 4.47. The van der Waals surface area contributed by atoms with Crippen LogP contribution in [-0.2, 0) is 23.6 Å². The number of aromatic nitrogens is 5. The van der Waals surface area contributed by atoms with Gasteiger partial charge in [0.05, 0.1) is 12.2 Å². The monoisotopic (exact) mass is 414 g/mol. The van der Waals surface area contributed by atoms with Gasteiger partial charge in [-0.25, -0.2) is 18.1 Å². The van der Waals surface area contributed by atoms with E-state index in [1.165, 1.54) is 21.3 Å². The maximum atomic E-state index is 13.1. The molecule has 0 N–H and O–H groups in total. The Morgan fingerprint density at radius 2 is 2.07 bits per heavy atom. The first kappa shape index (κ1) is 19.5. The number of hydrogen-bond donors (Lipinski definition) is 0. The van der Waals surface area contributed by atoms with Gasteiger partial charge in [0.25, 0.3) is 15.6 Å². The van der Waals surface area contributed by atoms with E-state index in [1.54, 1.807) is 43.1 Å². The largest absolute Gasteiger partial charge is 0.337 e. The molecule has 4 rings (SSSR count). The minimum atomic E-state index is -3.74. The summed E-state index contributed by atoms with van der Waals surface area (Å²) in [5.41, 5.74) is 1.14. The Balaban J connectivity index is 1.63. The van der Waals surface area contributed by atoms with Crippen molar-refractivity contribution in [3.05, 3.63) is 59.0 Å². The van der Waals surface area contributed by atoms with E-state index in [4.69, 9.17) is 0 Å². The SMILES string of the molecule is Cc1nc(S(=O)(=O)N2CCCC2Cn2nc(-c3cccnc3)ccc2=O)cn1C. The quantitative estimate of drug-likeness (QED) is 0.622. The second kappa shape index (κ2) is 7.53. The van der Waals surface area contributed by atoms with Gasteiger partial charge in [-0.15, -0.1) is 0 Å². The predicted octanol–water partition coefficient (Wildman–Crippen LogP) is 1.20. The van der Waals surface area contributed by atoms with E-state index in [0.29, 0.717) is 24.5 Å². The lowest BCUT2D eigenvalue weighted by atomic mass is 10.2. The molecule has 0 bridgehead atoms. The van der Waals surface area contributed by atoms with Crippen LogP contribution in [0.1, 0.15) is 18.7 Å². The first-order valence-electron chi connectivity index (χ1n) is 9.36. The lowest BCUT2D eigenvalue weighted by Gasteiger charge is -2.23. The van der Waals surface area contributed by atoms with Gasteiger partial charge in [-0.2, -0.15) is 9.40 Å². The molecule has 1 aliphatic rings. The van der Waals surface area contributed by atoms with Crippen LogP contribution in [0.15, 0.2) is 52.7 Å². The Morgan fingerprint density at radius 3 is 2.76 bits per heavy atom. The molecule has 4 heterocycles. The third-order valence-electron chi connectivity index (χ3n) is 5.19. The molecule has 0 spiro atoms. The highest BCUT2D eigenvalue weighted by molar-refractivity contribution is 7.89. The van der Waals surface area contributed by atoms with Crippen molar-refractivity contribution in [2.24, 2.45) is 7.05 Å². The summed E-state index contributed by atoms with van der Waals surface area (Å²) in [5.74, 6) is 0.626. The van der Waals surface area contributed by atoms with Crippen molar-refractivity contribution in [1.29, 1.82) is 0 Å². The van der Waals surface area contributed by atoms with Crippen LogP contribution in [0.4, 0.5) is 0 Å². The zero-order valence-corrected chi connectivity index (χ0v) is 17.1. The van der Waals surface area contributed by atoms with Crippen molar-refractivity contribution in [2.75, 3.05) is 6.54 Å². The van der Waals surface area contributed by atoms with Gasteiger partial charge < -0.3 is 4.57 Å². The Kier molecular flexibility index (Phi) is 5.05. The van der Waals surface area contributed by atoms with Crippen molar-refractivity contribution >= 4 is 10.0 Å². The van der Waals surface area contributed by atoms with E-state index >= 15 is 0 Å². The highest BCUT2D eigenvalue weighted by Crippen LogP contribution is 2.26. The summed E-state index contributed by atoms with van der Waals surface area (Å²) < 4.78 is 30.7. The van der Waals surface area contributed by atoms with Gasteiger partial charge in [0.1, 0.15) is 5.82 Å². The summed E-state index contributed by atoms with van der Waals surface area (Å²) in [4.78, 5) is 20.6. The topological polar surface area (TPSA) is 103 Å². The first-order valence-corrected chi connectivity index (χ1v) is 10.8. The van der Waals surface area contributed by atoms with Crippen molar-refractivity contribution in [2.45, 2.75) is 37.4 Å². The number of aryl methyl sites for hydroxylation is 2. The zero-order chi connectivity index (χ0) is 20.6. The average Bonchev–Trinajstić information content (AvgIpc) is 3.32. The van der Waals surface area contributed by atoms with Crippen LogP contribution in [0.2, 0.25) is 0 Å². The normalized spacial score (nSPS) is 17.7. The number of sulfonamides is 1. The fourth-order valence-electron chi connectivity index (χ4n) is 3.53. The lowest BCUT2D eigenvalue weighted by molar-refractivity contribution is 0.335. The van der Waals surface area contributed by atoms with Crippen molar-refractivity contribution in [3.8, 4) is 11.3 Å². The average molecular weight is 414 g/mol. The highest BCUT2D eigenvalue weighted by Gasteiger charge is 2.37. The van der Waals surface area contributed by atoms with Gasteiger partial charge in [-0.05, 0) is 38.0 Å². The molecule has 3 aromatic rings. The molecule has 0 saturated carbocycles. The van der Waals surface area contributed by atoms with Gasteiger partial charge in [0.15, 0.2) is 5.03 Å². The number of imidazole rings is 1.